The van der Waals surface area contributed by atoms with Crippen LogP contribution in [0.4, 0.5) is 5.95 Å². The molecule has 0 aliphatic rings. The lowest BCUT2D eigenvalue weighted by atomic mass is 10.3. The summed E-state index contributed by atoms with van der Waals surface area (Å²) in [5, 5.41) is 18.7. The fourth-order valence-electron chi connectivity index (χ4n) is 2.09. The van der Waals surface area contributed by atoms with Gasteiger partial charge in [0.2, 0.25) is 0 Å². The van der Waals surface area contributed by atoms with Gasteiger partial charge in [0, 0.05) is 12.6 Å². The number of nitrogens with two attached hydrogens (primary N) is 1. The highest BCUT2D eigenvalue weighted by atomic mass is 16.5. The molecule has 7 nitrogen and oxygen atoms in total. The fraction of sp³-hybridized carbons (Fsp3) is 0.500. The summed E-state index contributed by atoms with van der Waals surface area (Å²) in [4.78, 5) is 7.18. The molecule has 0 fully saturated rings. The lowest BCUT2D eigenvalue weighted by Gasteiger charge is -2.15. The maximum Gasteiger partial charge on any atom is 0.290 e. The molecule has 0 saturated carbocycles. The smallest absolute Gasteiger partial charge is 0.290 e. The molecule has 0 saturated heterocycles. The highest BCUT2D eigenvalue weighted by Gasteiger charge is 2.09. The molecule has 0 radical (unpaired) electrons. The number of anilines is 1. The summed E-state index contributed by atoms with van der Waals surface area (Å²) < 4.78 is 0. The van der Waals surface area contributed by atoms with Crippen LogP contribution in [0.1, 0.15) is 12.8 Å². The molecule has 0 bridgehead atoms. The van der Waals surface area contributed by atoms with Crippen molar-refractivity contribution in [2.45, 2.75) is 12.8 Å². The minimum Gasteiger partial charge on any atom is -0.594 e. The third-order valence-corrected chi connectivity index (χ3v) is 3.24. The van der Waals surface area contributed by atoms with Crippen molar-refractivity contribution in [1.29, 1.82) is 0 Å². The Morgan fingerprint density at radius 3 is 2.86 bits per heavy atom. The molecule has 7 heteroatoms. The zero-order valence-corrected chi connectivity index (χ0v) is 12.3. The highest BCUT2D eigenvalue weighted by molar-refractivity contribution is 5.71. The lowest BCUT2D eigenvalue weighted by Crippen LogP contribution is -2.33. The summed E-state index contributed by atoms with van der Waals surface area (Å²) >= 11 is 0. The van der Waals surface area contributed by atoms with E-state index in [9.17, 15) is 5.21 Å². The Morgan fingerprint density at radius 2 is 2.05 bits per heavy atom. The lowest BCUT2D eigenvalue weighted by molar-refractivity contribution is -0.641. The number of benzene rings is 1. The number of nitrogens with one attached hydrogen (secondary N) is 1. The molecule has 0 spiro atoms. The SMILES string of the molecule is CN(CCCN)CCCNc1nc2ccccc2[n+]([O-])n1. The number of hydrogen-bond acceptors (Lipinski definition) is 6. The first kappa shape index (κ1) is 15.4. The maximum absolute atomic E-state index is 11.8. The minimum absolute atomic E-state index is 0.369. The molecular weight excluding hydrogens is 268 g/mol. The first-order valence-corrected chi connectivity index (χ1v) is 7.20. The number of aromatic nitrogens is 3. The van der Waals surface area contributed by atoms with E-state index in [1.807, 2.05) is 6.07 Å². The molecule has 114 valence electrons. The quantitative estimate of drug-likeness (QED) is 0.414. The Kier molecular flexibility index (Phi) is 5.65. The summed E-state index contributed by atoms with van der Waals surface area (Å²) in [6, 6.07) is 7.16. The maximum atomic E-state index is 11.8. The molecule has 0 unspecified atom stereocenters. The van der Waals surface area contributed by atoms with E-state index < -0.39 is 0 Å². The Hall–Kier alpha value is -1.99. The molecule has 1 heterocycles. The molecule has 2 aromatic rings. The van der Waals surface area contributed by atoms with E-state index >= 15 is 0 Å². The summed E-state index contributed by atoms with van der Waals surface area (Å²) in [5.41, 5.74) is 6.60. The van der Waals surface area contributed by atoms with Crippen LogP contribution < -0.4 is 15.9 Å². The van der Waals surface area contributed by atoms with Gasteiger partial charge in [0.1, 0.15) is 5.52 Å². The number of hydrogen-bond donors (Lipinski definition) is 2. The predicted molar refractivity (Wildman–Crippen MR) is 82.8 cm³/mol. The van der Waals surface area contributed by atoms with Gasteiger partial charge in [-0.1, -0.05) is 12.1 Å². The van der Waals surface area contributed by atoms with E-state index in [-0.39, 0.29) is 0 Å². The van der Waals surface area contributed by atoms with Crippen LogP contribution >= 0.6 is 0 Å². The largest absolute Gasteiger partial charge is 0.594 e. The van der Waals surface area contributed by atoms with Crippen LogP contribution in [-0.4, -0.2) is 48.2 Å². The third kappa shape index (κ3) is 4.51. The Morgan fingerprint density at radius 1 is 1.29 bits per heavy atom. The van der Waals surface area contributed by atoms with Gasteiger partial charge in [0.05, 0.1) is 5.10 Å². The third-order valence-electron chi connectivity index (χ3n) is 3.24. The molecule has 2 rings (SSSR count). The first-order chi connectivity index (χ1) is 10.2. The van der Waals surface area contributed by atoms with Crippen LogP contribution in [0.3, 0.4) is 0 Å². The van der Waals surface area contributed by atoms with Gasteiger partial charge in [-0.2, -0.15) is 0 Å². The molecule has 0 aliphatic carbocycles. The van der Waals surface area contributed by atoms with E-state index in [0.29, 0.717) is 21.8 Å². The van der Waals surface area contributed by atoms with Gasteiger partial charge in [-0.05, 0) is 50.4 Å². The van der Waals surface area contributed by atoms with Crippen molar-refractivity contribution in [3.63, 3.8) is 0 Å². The second kappa shape index (κ2) is 7.70. The summed E-state index contributed by atoms with van der Waals surface area (Å²) in [6.07, 6.45) is 1.96. The van der Waals surface area contributed by atoms with Gasteiger partial charge < -0.3 is 21.2 Å². The van der Waals surface area contributed by atoms with Crippen LogP contribution in [0, 0.1) is 5.21 Å². The normalized spacial score (nSPS) is 11.2. The fourth-order valence-corrected chi connectivity index (χ4v) is 2.09. The first-order valence-electron chi connectivity index (χ1n) is 7.20. The van der Waals surface area contributed by atoms with Gasteiger partial charge in [-0.25, -0.2) is 4.98 Å². The van der Waals surface area contributed by atoms with Crippen LogP contribution in [0.2, 0.25) is 0 Å². The summed E-state index contributed by atoms with van der Waals surface area (Å²) in [6.45, 7) is 3.42. The Bertz CT molecular complexity index is 576. The molecule has 21 heavy (non-hydrogen) atoms. The van der Waals surface area contributed by atoms with Crippen molar-refractivity contribution in [3.05, 3.63) is 29.5 Å². The van der Waals surface area contributed by atoms with E-state index in [1.165, 1.54) is 0 Å². The molecule has 0 atom stereocenters. The van der Waals surface area contributed by atoms with Crippen molar-refractivity contribution in [2.24, 2.45) is 5.73 Å². The van der Waals surface area contributed by atoms with Crippen LogP contribution in [0.25, 0.3) is 11.0 Å². The predicted octanol–water partition coefficient (Wildman–Crippen LogP) is 0.346. The van der Waals surface area contributed by atoms with Gasteiger partial charge >= 0.3 is 0 Å². The zero-order valence-electron chi connectivity index (χ0n) is 12.3. The van der Waals surface area contributed by atoms with Crippen molar-refractivity contribution in [3.8, 4) is 0 Å². The minimum atomic E-state index is 0.369. The van der Waals surface area contributed by atoms with Gasteiger partial charge in [-0.3, -0.25) is 0 Å². The van der Waals surface area contributed by atoms with Crippen molar-refractivity contribution < 1.29 is 4.85 Å². The zero-order chi connectivity index (χ0) is 15.1. The van der Waals surface area contributed by atoms with Gasteiger partial charge in [-0.15, -0.1) is 0 Å². The molecule has 0 aliphatic heterocycles. The van der Waals surface area contributed by atoms with E-state index in [4.69, 9.17) is 5.73 Å². The molecule has 3 N–H and O–H groups in total. The standard InChI is InChI=1S/C14H22N6O/c1-19(10-4-8-15)11-5-9-16-14-17-12-6-2-3-7-13(12)20(21)18-14/h2-3,6-7H,4-5,8-11,15H2,1H3,(H,16,17,18). The number of fused-ring (bicyclic) bond motifs is 1. The Balaban J connectivity index is 1.84. The van der Waals surface area contributed by atoms with Crippen molar-refractivity contribution in [1.82, 2.24) is 15.0 Å². The van der Waals surface area contributed by atoms with Crippen LogP contribution in [0.5, 0.6) is 0 Å². The molecule has 1 aromatic heterocycles. The average molecular weight is 290 g/mol. The molecule has 1 aromatic carbocycles. The van der Waals surface area contributed by atoms with Crippen molar-refractivity contribution >= 4 is 17.0 Å². The van der Waals surface area contributed by atoms with Crippen LogP contribution in [-0.2, 0) is 0 Å². The number of rotatable bonds is 8. The van der Waals surface area contributed by atoms with Crippen LogP contribution in [0.15, 0.2) is 24.3 Å². The molecule has 0 amide bonds. The van der Waals surface area contributed by atoms with Gasteiger partial charge in [0.25, 0.3) is 11.5 Å². The van der Waals surface area contributed by atoms with Gasteiger partial charge in [0.15, 0.2) is 0 Å². The Labute approximate surface area is 124 Å². The topological polar surface area (TPSA) is 94.0 Å². The van der Waals surface area contributed by atoms with E-state index in [0.717, 1.165) is 39.0 Å². The number of nitrogens with zero attached hydrogens (tertiary/aromatic N) is 4. The second-order valence-corrected chi connectivity index (χ2v) is 5.02. The monoisotopic (exact) mass is 290 g/mol. The van der Waals surface area contributed by atoms with E-state index in [2.05, 4.69) is 27.3 Å². The average Bonchev–Trinajstić information content (AvgIpc) is 2.49. The van der Waals surface area contributed by atoms with E-state index in [1.54, 1.807) is 18.2 Å². The summed E-state index contributed by atoms with van der Waals surface area (Å²) in [5.74, 6) is 0.369. The summed E-state index contributed by atoms with van der Waals surface area (Å²) in [7, 11) is 2.08. The van der Waals surface area contributed by atoms with Crippen molar-refractivity contribution in [2.75, 3.05) is 38.5 Å². The second-order valence-electron chi connectivity index (χ2n) is 5.02. The highest BCUT2D eigenvalue weighted by Crippen LogP contribution is 2.07. The number of para-hydroxylation sites is 2. The molecular formula is C14H22N6O.